The molecule has 0 bridgehead atoms. The van der Waals surface area contributed by atoms with Gasteiger partial charge in [-0.2, -0.15) is 0 Å². The highest BCUT2D eigenvalue weighted by molar-refractivity contribution is 7.21. The zero-order valence-electron chi connectivity index (χ0n) is 13.2. The Hall–Kier alpha value is -1.93. The van der Waals surface area contributed by atoms with Crippen LogP contribution in [0.25, 0.3) is 10.2 Å². The summed E-state index contributed by atoms with van der Waals surface area (Å²) in [6.45, 7) is 5.01. The first kappa shape index (κ1) is 15.9. The molecule has 0 aromatic carbocycles. The molecule has 0 saturated carbocycles. The van der Waals surface area contributed by atoms with E-state index in [2.05, 4.69) is 16.8 Å². The van der Waals surface area contributed by atoms with Gasteiger partial charge in [-0.3, -0.25) is 4.79 Å². The Balaban J connectivity index is 2.10. The number of nitrogens with two attached hydrogens (primary N) is 2. The minimum Gasteiger partial charge on any atom is -0.397 e. The molecular formula is C15H21N5O2S. The van der Waals surface area contributed by atoms with Crippen LogP contribution in [0.5, 0.6) is 0 Å². The third-order valence-corrected chi connectivity index (χ3v) is 5.05. The fourth-order valence-electron chi connectivity index (χ4n) is 2.69. The van der Waals surface area contributed by atoms with Crippen LogP contribution in [0.3, 0.4) is 0 Å². The highest BCUT2D eigenvalue weighted by atomic mass is 32.1. The summed E-state index contributed by atoms with van der Waals surface area (Å²) in [4.78, 5) is 24.1. The highest BCUT2D eigenvalue weighted by Gasteiger charge is 2.22. The van der Waals surface area contributed by atoms with Gasteiger partial charge in [-0.1, -0.05) is 13.3 Å². The van der Waals surface area contributed by atoms with Gasteiger partial charge in [0.05, 0.1) is 30.0 Å². The van der Waals surface area contributed by atoms with E-state index >= 15 is 0 Å². The number of aromatic nitrogens is 2. The van der Waals surface area contributed by atoms with E-state index in [0.717, 1.165) is 48.3 Å². The van der Waals surface area contributed by atoms with Crippen molar-refractivity contribution in [2.75, 3.05) is 36.9 Å². The van der Waals surface area contributed by atoms with E-state index < -0.39 is 5.91 Å². The molecule has 23 heavy (non-hydrogen) atoms. The zero-order valence-corrected chi connectivity index (χ0v) is 14.0. The summed E-state index contributed by atoms with van der Waals surface area (Å²) in [5.41, 5.74) is 12.9. The molecule has 1 fully saturated rings. The van der Waals surface area contributed by atoms with Crippen LogP contribution in [-0.4, -0.2) is 42.2 Å². The maximum Gasteiger partial charge on any atom is 0.260 e. The van der Waals surface area contributed by atoms with Gasteiger partial charge in [0.1, 0.15) is 9.71 Å². The lowest BCUT2D eigenvalue weighted by molar-refractivity contribution is 0.100. The summed E-state index contributed by atoms with van der Waals surface area (Å²) >= 11 is 1.25. The van der Waals surface area contributed by atoms with Crippen LogP contribution in [-0.2, 0) is 11.2 Å². The molecule has 0 spiro atoms. The Kier molecular flexibility index (Phi) is 4.63. The van der Waals surface area contributed by atoms with E-state index in [9.17, 15) is 4.79 Å². The van der Waals surface area contributed by atoms with Gasteiger partial charge in [0.15, 0.2) is 0 Å². The van der Waals surface area contributed by atoms with Crippen molar-refractivity contribution in [3.63, 3.8) is 0 Å². The number of thiophene rings is 1. The van der Waals surface area contributed by atoms with Crippen LogP contribution in [0, 0.1) is 0 Å². The summed E-state index contributed by atoms with van der Waals surface area (Å²) < 4.78 is 5.38. The Bertz CT molecular complexity index is 724. The van der Waals surface area contributed by atoms with Gasteiger partial charge >= 0.3 is 0 Å². The minimum absolute atomic E-state index is 0.367. The number of carbonyl (C=O) groups excluding carboxylic acids is 1. The van der Waals surface area contributed by atoms with Crippen molar-refractivity contribution in [3.05, 3.63) is 10.6 Å². The molecule has 7 nitrogen and oxygen atoms in total. The van der Waals surface area contributed by atoms with Crippen molar-refractivity contribution in [1.82, 2.24) is 9.97 Å². The third-order valence-electron chi connectivity index (χ3n) is 3.94. The number of carbonyl (C=O) groups is 1. The van der Waals surface area contributed by atoms with Crippen molar-refractivity contribution < 1.29 is 9.53 Å². The number of fused-ring (bicyclic) bond motifs is 1. The molecular weight excluding hydrogens is 314 g/mol. The molecule has 1 saturated heterocycles. The van der Waals surface area contributed by atoms with Crippen molar-refractivity contribution in [2.24, 2.45) is 5.73 Å². The number of aryl methyl sites for hydroxylation is 1. The topological polar surface area (TPSA) is 107 Å². The van der Waals surface area contributed by atoms with Crippen LogP contribution in [0.1, 0.15) is 35.1 Å². The van der Waals surface area contributed by atoms with Gasteiger partial charge in [-0.25, -0.2) is 9.97 Å². The zero-order chi connectivity index (χ0) is 16.4. The smallest absolute Gasteiger partial charge is 0.260 e. The minimum atomic E-state index is -0.514. The Morgan fingerprint density at radius 1 is 1.35 bits per heavy atom. The number of morpholine rings is 1. The number of hydrogen-bond donors (Lipinski definition) is 2. The van der Waals surface area contributed by atoms with E-state index in [1.54, 1.807) is 0 Å². The summed E-state index contributed by atoms with van der Waals surface area (Å²) in [5.74, 6) is 0.170. The lowest BCUT2D eigenvalue weighted by Gasteiger charge is -2.27. The first-order valence-corrected chi connectivity index (χ1v) is 8.64. The number of nitrogen functional groups attached to an aromatic ring is 1. The lowest BCUT2D eigenvalue weighted by Crippen LogP contribution is -2.37. The van der Waals surface area contributed by atoms with Crippen LogP contribution in [0.15, 0.2) is 0 Å². The van der Waals surface area contributed by atoms with Crippen LogP contribution >= 0.6 is 11.3 Å². The number of ether oxygens (including phenoxy) is 1. The number of unbranched alkanes of at least 4 members (excludes halogenated alkanes) is 1. The maximum atomic E-state index is 11.6. The number of anilines is 2. The van der Waals surface area contributed by atoms with E-state index in [0.29, 0.717) is 29.7 Å². The van der Waals surface area contributed by atoms with Gasteiger partial charge in [-0.05, 0) is 12.8 Å². The number of rotatable bonds is 5. The Morgan fingerprint density at radius 3 is 2.74 bits per heavy atom. The first-order valence-electron chi connectivity index (χ1n) is 7.83. The van der Waals surface area contributed by atoms with Crippen molar-refractivity contribution in [3.8, 4) is 0 Å². The SMILES string of the molecule is CCCCc1nc(N2CCOCC2)nc2sc(C(N)=O)c(N)c12. The molecule has 124 valence electrons. The van der Waals surface area contributed by atoms with Gasteiger partial charge in [-0.15, -0.1) is 11.3 Å². The second-order valence-electron chi connectivity index (χ2n) is 5.56. The number of nitrogens with zero attached hydrogens (tertiary/aromatic N) is 3. The second kappa shape index (κ2) is 6.67. The molecule has 4 N–H and O–H groups in total. The summed E-state index contributed by atoms with van der Waals surface area (Å²) in [6, 6.07) is 0. The van der Waals surface area contributed by atoms with Crippen LogP contribution in [0.4, 0.5) is 11.6 Å². The largest absolute Gasteiger partial charge is 0.397 e. The molecule has 0 unspecified atom stereocenters. The van der Waals surface area contributed by atoms with E-state index in [1.165, 1.54) is 11.3 Å². The molecule has 8 heteroatoms. The molecule has 1 aliphatic rings. The van der Waals surface area contributed by atoms with Gasteiger partial charge in [0.2, 0.25) is 5.95 Å². The average Bonchev–Trinajstić information content (AvgIpc) is 2.90. The fourth-order valence-corrected chi connectivity index (χ4v) is 3.66. The van der Waals surface area contributed by atoms with Crippen molar-refractivity contribution in [1.29, 1.82) is 0 Å². The predicted octanol–water partition coefficient (Wildman–Crippen LogP) is 1.55. The van der Waals surface area contributed by atoms with Crippen molar-refractivity contribution >= 4 is 39.1 Å². The van der Waals surface area contributed by atoms with E-state index in [1.807, 2.05) is 0 Å². The molecule has 3 rings (SSSR count). The summed E-state index contributed by atoms with van der Waals surface area (Å²) in [6.07, 6.45) is 2.88. The molecule has 0 aliphatic carbocycles. The number of hydrogen-bond acceptors (Lipinski definition) is 7. The molecule has 2 aromatic rings. The second-order valence-corrected chi connectivity index (χ2v) is 6.56. The molecule has 2 aromatic heterocycles. The summed E-state index contributed by atoms with van der Waals surface area (Å²) in [7, 11) is 0. The van der Waals surface area contributed by atoms with Crippen LogP contribution < -0.4 is 16.4 Å². The molecule has 0 atom stereocenters. The number of primary amides is 1. The Morgan fingerprint density at radius 2 is 2.09 bits per heavy atom. The quantitative estimate of drug-likeness (QED) is 0.858. The molecule has 1 amide bonds. The normalized spacial score (nSPS) is 15.3. The molecule has 3 heterocycles. The van der Waals surface area contributed by atoms with Crippen LogP contribution in [0.2, 0.25) is 0 Å². The Labute approximate surface area is 138 Å². The number of amides is 1. The predicted molar refractivity (Wildman–Crippen MR) is 92.0 cm³/mol. The monoisotopic (exact) mass is 335 g/mol. The maximum absolute atomic E-state index is 11.6. The summed E-state index contributed by atoms with van der Waals surface area (Å²) in [5, 5.41) is 0.786. The van der Waals surface area contributed by atoms with Gasteiger partial charge < -0.3 is 21.1 Å². The molecule has 1 aliphatic heterocycles. The third kappa shape index (κ3) is 3.09. The fraction of sp³-hybridized carbons (Fsp3) is 0.533. The first-order chi connectivity index (χ1) is 11.1. The van der Waals surface area contributed by atoms with Gasteiger partial charge in [0, 0.05) is 13.1 Å². The average molecular weight is 335 g/mol. The lowest BCUT2D eigenvalue weighted by atomic mass is 10.1. The van der Waals surface area contributed by atoms with E-state index in [-0.39, 0.29) is 0 Å². The standard InChI is InChI=1S/C15H21N5O2S/c1-2-3-4-9-10-11(16)12(13(17)21)23-14(10)19-15(18-9)20-5-7-22-8-6-20/h2-8,16H2,1H3,(H2,17,21). The molecule has 0 radical (unpaired) electrons. The van der Waals surface area contributed by atoms with E-state index in [4.69, 9.17) is 21.2 Å². The van der Waals surface area contributed by atoms with Gasteiger partial charge in [0.25, 0.3) is 5.91 Å². The highest BCUT2D eigenvalue weighted by Crippen LogP contribution is 2.35. The van der Waals surface area contributed by atoms with Crippen molar-refractivity contribution in [2.45, 2.75) is 26.2 Å².